The highest BCUT2D eigenvalue weighted by Gasteiger charge is 2.24. The number of nitrogens with zero attached hydrogens (tertiary/aromatic N) is 2. The Morgan fingerprint density at radius 3 is 2.62 bits per heavy atom. The lowest BCUT2D eigenvalue weighted by Gasteiger charge is -2.24. The van der Waals surface area contributed by atoms with Crippen LogP contribution in [0.1, 0.15) is 30.9 Å². The Kier molecular flexibility index (Phi) is 5.61. The number of nitro groups is 1. The zero-order valence-electron chi connectivity index (χ0n) is 13.6. The van der Waals surface area contributed by atoms with Gasteiger partial charge in [0.25, 0.3) is 5.69 Å². The van der Waals surface area contributed by atoms with Crippen LogP contribution in [-0.4, -0.2) is 35.7 Å². The number of rotatable bonds is 5. The topological polar surface area (TPSA) is 67.6 Å². The van der Waals surface area contributed by atoms with Crippen LogP contribution in [0.2, 0.25) is 0 Å². The van der Waals surface area contributed by atoms with Crippen molar-refractivity contribution in [3.8, 4) is 0 Å². The molecule has 2 atom stereocenters. The second kappa shape index (κ2) is 8.08. The van der Waals surface area contributed by atoms with Gasteiger partial charge in [0.15, 0.2) is 0 Å². The molecule has 0 aliphatic carbocycles. The van der Waals surface area contributed by atoms with Crippen molar-refractivity contribution >= 4 is 5.69 Å². The van der Waals surface area contributed by atoms with Gasteiger partial charge >= 0.3 is 0 Å². The molecule has 0 bridgehead atoms. The van der Waals surface area contributed by atoms with Gasteiger partial charge in [-0.15, -0.1) is 0 Å². The lowest BCUT2D eigenvalue weighted by atomic mass is 10.1. The number of allylic oxidation sites excluding steroid dienone is 2. The molecule has 1 N–H and O–H groups in total. The quantitative estimate of drug-likeness (QED) is 0.511. The van der Waals surface area contributed by atoms with Crippen molar-refractivity contribution in [1.29, 1.82) is 0 Å². The second-order valence-corrected chi connectivity index (χ2v) is 6.13. The molecule has 0 aromatic heterocycles. The van der Waals surface area contributed by atoms with Crippen molar-refractivity contribution in [2.45, 2.75) is 31.6 Å². The Bertz CT molecular complexity index is 606. The van der Waals surface area contributed by atoms with E-state index in [0.717, 1.165) is 18.7 Å². The van der Waals surface area contributed by atoms with E-state index in [9.17, 15) is 10.1 Å². The van der Waals surface area contributed by atoms with Gasteiger partial charge in [0.05, 0.1) is 11.0 Å². The molecule has 2 aliphatic heterocycles. The van der Waals surface area contributed by atoms with Crippen LogP contribution in [0.15, 0.2) is 48.7 Å². The summed E-state index contributed by atoms with van der Waals surface area (Å²) in [4.78, 5) is 12.6. The number of benzene rings is 1. The van der Waals surface area contributed by atoms with E-state index in [0.29, 0.717) is 6.54 Å². The minimum absolute atomic E-state index is 0.0773. The molecule has 3 rings (SSSR count). The number of likely N-dealkylation sites (tertiary alicyclic amines) is 1. The molecule has 128 valence electrons. The van der Waals surface area contributed by atoms with E-state index in [2.05, 4.69) is 22.5 Å². The summed E-state index contributed by atoms with van der Waals surface area (Å²) in [5.41, 5.74) is 1.05. The molecular formula is C18H23N3O3. The molecule has 2 saturated heterocycles. The van der Waals surface area contributed by atoms with E-state index in [1.807, 2.05) is 12.2 Å². The van der Waals surface area contributed by atoms with Gasteiger partial charge in [-0.1, -0.05) is 6.08 Å². The third-order valence-electron chi connectivity index (χ3n) is 4.38. The van der Waals surface area contributed by atoms with E-state index in [1.165, 1.54) is 31.4 Å². The van der Waals surface area contributed by atoms with Crippen LogP contribution in [-0.2, 0) is 4.74 Å². The molecule has 0 amide bonds. The largest absolute Gasteiger partial charge is 0.377 e. The van der Waals surface area contributed by atoms with E-state index in [1.54, 1.807) is 12.1 Å². The van der Waals surface area contributed by atoms with Gasteiger partial charge in [-0.2, -0.15) is 0 Å². The molecule has 0 spiro atoms. The molecule has 1 aromatic carbocycles. The SMILES string of the molecule is O=[N+]([O-])c1ccc(C2CNC(/C=C/C=C/N3CCCCC3)O2)cc1. The number of ether oxygens (including phenoxy) is 1. The highest BCUT2D eigenvalue weighted by atomic mass is 16.6. The monoisotopic (exact) mass is 329 g/mol. The Morgan fingerprint density at radius 2 is 1.92 bits per heavy atom. The predicted molar refractivity (Wildman–Crippen MR) is 92.4 cm³/mol. The maximum Gasteiger partial charge on any atom is 0.269 e. The Labute approximate surface area is 141 Å². The van der Waals surface area contributed by atoms with E-state index in [4.69, 9.17) is 4.74 Å². The summed E-state index contributed by atoms with van der Waals surface area (Å²) in [6, 6.07) is 6.55. The van der Waals surface area contributed by atoms with Crippen LogP contribution in [0.5, 0.6) is 0 Å². The number of nitro benzene ring substituents is 1. The summed E-state index contributed by atoms with van der Waals surface area (Å²) in [5, 5.41) is 14.0. The van der Waals surface area contributed by atoms with Crippen molar-refractivity contribution in [3.05, 3.63) is 64.4 Å². The summed E-state index contributed by atoms with van der Waals surface area (Å²) in [6.45, 7) is 2.98. The summed E-state index contributed by atoms with van der Waals surface area (Å²) in [6.07, 6.45) is 11.9. The predicted octanol–water partition coefficient (Wildman–Crippen LogP) is 3.14. The van der Waals surface area contributed by atoms with Crippen molar-refractivity contribution in [2.24, 2.45) is 0 Å². The zero-order chi connectivity index (χ0) is 16.8. The Hall–Kier alpha value is -2.18. The highest BCUT2D eigenvalue weighted by Crippen LogP contribution is 2.25. The van der Waals surface area contributed by atoms with Crippen LogP contribution >= 0.6 is 0 Å². The van der Waals surface area contributed by atoms with E-state index < -0.39 is 4.92 Å². The number of piperidine rings is 1. The van der Waals surface area contributed by atoms with Crippen LogP contribution in [0.4, 0.5) is 5.69 Å². The first-order valence-corrected chi connectivity index (χ1v) is 8.44. The van der Waals surface area contributed by atoms with Gasteiger partial charge in [-0.3, -0.25) is 15.4 Å². The molecule has 2 unspecified atom stereocenters. The molecule has 0 saturated carbocycles. The van der Waals surface area contributed by atoms with Gasteiger partial charge in [-0.05, 0) is 55.3 Å². The van der Waals surface area contributed by atoms with E-state index in [-0.39, 0.29) is 18.0 Å². The van der Waals surface area contributed by atoms with E-state index >= 15 is 0 Å². The highest BCUT2D eigenvalue weighted by molar-refractivity contribution is 5.34. The van der Waals surface area contributed by atoms with Gasteiger partial charge in [0.2, 0.25) is 0 Å². The summed E-state index contributed by atoms with van der Waals surface area (Å²) in [7, 11) is 0. The third-order valence-corrected chi connectivity index (χ3v) is 4.38. The fourth-order valence-corrected chi connectivity index (χ4v) is 3.02. The summed E-state index contributed by atoms with van der Waals surface area (Å²) in [5.74, 6) is 0. The van der Waals surface area contributed by atoms with Crippen molar-refractivity contribution in [2.75, 3.05) is 19.6 Å². The molecule has 6 nitrogen and oxygen atoms in total. The maximum absolute atomic E-state index is 10.7. The standard InChI is InChI=1S/C18H23N3O3/c22-21(23)16-9-7-15(8-10-16)17-14-19-18(24-17)6-2-5-13-20-11-3-1-4-12-20/h2,5-10,13,17-19H,1,3-4,11-12,14H2/b6-2+,13-5+. The Morgan fingerprint density at radius 1 is 1.17 bits per heavy atom. The Balaban J connectivity index is 1.48. The first kappa shape index (κ1) is 16.7. The zero-order valence-corrected chi connectivity index (χ0v) is 13.6. The minimum Gasteiger partial charge on any atom is -0.377 e. The number of hydrogen-bond acceptors (Lipinski definition) is 5. The smallest absolute Gasteiger partial charge is 0.269 e. The second-order valence-electron chi connectivity index (χ2n) is 6.13. The molecular weight excluding hydrogens is 306 g/mol. The fraction of sp³-hybridized carbons (Fsp3) is 0.444. The van der Waals surface area contributed by atoms with Gasteiger partial charge in [0, 0.05) is 31.8 Å². The number of non-ortho nitro benzene ring substituents is 1. The molecule has 2 aliphatic rings. The van der Waals surface area contributed by atoms with Crippen LogP contribution in [0, 0.1) is 10.1 Å². The fourth-order valence-electron chi connectivity index (χ4n) is 3.02. The number of nitrogens with one attached hydrogen (secondary N) is 1. The van der Waals surface area contributed by atoms with Crippen molar-refractivity contribution < 1.29 is 9.66 Å². The van der Waals surface area contributed by atoms with Gasteiger partial charge in [0.1, 0.15) is 6.23 Å². The van der Waals surface area contributed by atoms with Crippen LogP contribution in [0.3, 0.4) is 0 Å². The lowest BCUT2D eigenvalue weighted by Crippen LogP contribution is -2.24. The number of hydrogen-bond donors (Lipinski definition) is 1. The van der Waals surface area contributed by atoms with Crippen LogP contribution < -0.4 is 5.32 Å². The van der Waals surface area contributed by atoms with Gasteiger partial charge in [-0.25, -0.2) is 0 Å². The van der Waals surface area contributed by atoms with Crippen molar-refractivity contribution in [1.82, 2.24) is 10.2 Å². The molecule has 6 heteroatoms. The van der Waals surface area contributed by atoms with Crippen LogP contribution in [0.25, 0.3) is 0 Å². The lowest BCUT2D eigenvalue weighted by molar-refractivity contribution is -0.384. The molecule has 2 heterocycles. The minimum atomic E-state index is -0.391. The maximum atomic E-state index is 10.7. The molecule has 24 heavy (non-hydrogen) atoms. The van der Waals surface area contributed by atoms with Crippen molar-refractivity contribution in [3.63, 3.8) is 0 Å². The first-order valence-electron chi connectivity index (χ1n) is 8.44. The van der Waals surface area contributed by atoms with Gasteiger partial charge < -0.3 is 9.64 Å². The normalized spacial score (nSPS) is 24.9. The first-order chi connectivity index (χ1) is 11.7. The average molecular weight is 329 g/mol. The summed E-state index contributed by atoms with van der Waals surface area (Å²) >= 11 is 0. The molecule has 2 fully saturated rings. The third kappa shape index (κ3) is 4.43. The molecule has 1 aromatic rings. The average Bonchev–Trinajstić information content (AvgIpc) is 3.09. The molecule has 0 radical (unpaired) electrons. The summed E-state index contributed by atoms with van der Waals surface area (Å²) < 4.78 is 5.92.